The number of hydrogen-bond acceptors (Lipinski definition) is 4. The molecule has 0 aliphatic rings. The number of nitrogens with zero attached hydrogens (tertiary/aromatic N) is 3. The molecule has 0 bridgehead atoms. The van der Waals surface area contributed by atoms with Gasteiger partial charge in [0.05, 0.1) is 30.7 Å². The summed E-state index contributed by atoms with van der Waals surface area (Å²) in [5.41, 5.74) is 2.46. The van der Waals surface area contributed by atoms with E-state index in [2.05, 4.69) is 15.6 Å². The lowest BCUT2D eigenvalue weighted by molar-refractivity contribution is 0.388. The fourth-order valence-electron chi connectivity index (χ4n) is 1.93. The van der Waals surface area contributed by atoms with Crippen LogP contribution in [-0.4, -0.2) is 22.1 Å². The smallest absolute Gasteiger partial charge is 0.177 e. The Kier molecular flexibility index (Phi) is 3.99. The van der Waals surface area contributed by atoms with E-state index >= 15 is 0 Å². The lowest BCUT2D eigenvalue weighted by Crippen LogP contribution is -2.09. The molecule has 0 aliphatic heterocycles. The monoisotopic (exact) mass is 264 g/mol. The summed E-state index contributed by atoms with van der Waals surface area (Å²) >= 11 is 0. The maximum absolute atomic E-state index is 13.5. The lowest BCUT2D eigenvalue weighted by Gasteiger charge is -2.12. The first-order valence-electron chi connectivity index (χ1n) is 6.12. The highest BCUT2D eigenvalue weighted by molar-refractivity contribution is 5.57. The summed E-state index contributed by atoms with van der Waals surface area (Å²) in [6.45, 7) is 5.17. The van der Waals surface area contributed by atoms with E-state index in [0.29, 0.717) is 12.2 Å². The minimum absolute atomic E-state index is 0.218. The minimum atomic E-state index is -0.383. The van der Waals surface area contributed by atoms with E-state index in [1.165, 1.54) is 13.2 Å². The molecule has 2 rings (SSSR count). The Balaban J connectivity index is 2.19. The van der Waals surface area contributed by atoms with E-state index in [4.69, 9.17) is 4.74 Å². The zero-order valence-electron chi connectivity index (χ0n) is 11.3. The van der Waals surface area contributed by atoms with Gasteiger partial charge in [-0.15, -0.1) is 5.10 Å². The van der Waals surface area contributed by atoms with Crippen LogP contribution in [0.2, 0.25) is 0 Å². The maximum Gasteiger partial charge on any atom is 0.177 e. The highest BCUT2D eigenvalue weighted by Crippen LogP contribution is 2.27. The number of ether oxygens (including phenoxy) is 1. The van der Waals surface area contributed by atoms with E-state index in [-0.39, 0.29) is 11.6 Å². The summed E-state index contributed by atoms with van der Waals surface area (Å²) < 4.78 is 20.4. The molecule has 5 nitrogen and oxygen atoms in total. The third-order valence-electron chi connectivity index (χ3n) is 2.95. The van der Waals surface area contributed by atoms with Crippen molar-refractivity contribution in [3.63, 3.8) is 0 Å². The van der Waals surface area contributed by atoms with Crippen molar-refractivity contribution in [3.8, 4) is 5.75 Å². The van der Waals surface area contributed by atoms with Gasteiger partial charge < -0.3 is 10.1 Å². The fraction of sp³-hybridized carbons (Fsp3) is 0.385. The Hall–Kier alpha value is -2.11. The number of anilines is 1. The second-order valence-electron chi connectivity index (χ2n) is 4.11. The van der Waals surface area contributed by atoms with Crippen LogP contribution in [0.15, 0.2) is 18.2 Å². The molecule has 0 radical (unpaired) electrons. The normalized spacial score (nSPS) is 10.5. The molecule has 1 heterocycles. The Morgan fingerprint density at radius 1 is 1.42 bits per heavy atom. The molecule has 6 heteroatoms. The molecule has 102 valence electrons. The number of hydrogen-bond donors (Lipinski definition) is 1. The van der Waals surface area contributed by atoms with Gasteiger partial charge in [0.2, 0.25) is 0 Å². The number of para-hydroxylation sites is 1. The van der Waals surface area contributed by atoms with Gasteiger partial charge in [0, 0.05) is 6.54 Å². The van der Waals surface area contributed by atoms with Crippen LogP contribution in [0, 0.1) is 12.7 Å². The van der Waals surface area contributed by atoms with Gasteiger partial charge in [-0.1, -0.05) is 11.3 Å². The summed E-state index contributed by atoms with van der Waals surface area (Å²) in [6.07, 6.45) is 0. The van der Waals surface area contributed by atoms with E-state index in [1.54, 1.807) is 12.1 Å². The number of nitrogens with one attached hydrogen (secondary N) is 1. The van der Waals surface area contributed by atoms with Crippen molar-refractivity contribution in [1.29, 1.82) is 0 Å². The van der Waals surface area contributed by atoms with Crippen LogP contribution in [0.4, 0.5) is 10.1 Å². The second-order valence-corrected chi connectivity index (χ2v) is 4.11. The molecule has 0 unspecified atom stereocenters. The number of halogens is 1. The zero-order valence-corrected chi connectivity index (χ0v) is 11.3. The van der Waals surface area contributed by atoms with Crippen molar-refractivity contribution in [1.82, 2.24) is 15.0 Å². The van der Waals surface area contributed by atoms with Gasteiger partial charge in [-0.2, -0.15) is 0 Å². The van der Waals surface area contributed by atoms with Crippen molar-refractivity contribution in [2.24, 2.45) is 0 Å². The zero-order chi connectivity index (χ0) is 13.8. The number of aromatic nitrogens is 3. The van der Waals surface area contributed by atoms with Crippen LogP contribution in [0.25, 0.3) is 0 Å². The second kappa shape index (κ2) is 5.69. The quantitative estimate of drug-likeness (QED) is 0.900. The van der Waals surface area contributed by atoms with Gasteiger partial charge in [-0.25, -0.2) is 9.07 Å². The number of aryl methyl sites for hydroxylation is 2. The molecule has 0 saturated heterocycles. The summed E-state index contributed by atoms with van der Waals surface area (Å²) in [7, 11) is 1.45. The first-order chi connectivity index (χ1) is 9.17. The molecular formula is C13H17FN4O. The van der Waals surface area contributed by atoms with Crippen molar-refractivity contribution >= 4 is 5.69 Å². The average molecular weight is 264 g/mol. The van der Waals surface area contributed by atoms with Crippen LogP contribution in [0.3, 0.4) is 0 Å². The predicted molar refractivity (Wildman–Crippen MR) is 70.7 cm³/mol. The fourth-order valence-corrected chi connectivity index (χ4v) is 1.93. The molecule has 0 aliphatic carbocycles. The van der Waals surface area contributed by atoms with Gasteiger partial charge in [0.25, 0.3) is 0 Å². The van der Waals surface area contributed by atoms with Crippen molar-refractivity contribution < 1.29 is 9.13 Å². The molecule has 0 fully saturated rings. The Labute approximate surface area is 111 Å². The lowest BCUT2D eigenvalue weighted by atomic mass is 10.2. The predicted octanol–water partition coefficient (Wildman–Crippen LogP) is 2.37. The molecule has 0 saturated carbocycles. The third-order valence-corrected chi connectivity index (χ3v) is 2.95. The van der Waals surface area contributed by atoms with Gasteiger partial charge in [0.15, 0.2) is 11.6 Å². The molecule has 0 amide bonds. The molecule has 19 heavy (non-hydrogen) atoms. The molecule has 1 N–H and O–H groups in total. The first kappa shape index (κ1) is 13.3. The van der Waals surface area contributed by atoms with Crippen LogP contribution in [-0.2, 0) is 13.1 Å². The maximum atomic E-state index is 13.5. The average Bonchev–Trinajstić information content (AvgIpc) is 2.77. The molecule has 0 spiro atoms. The standard InChI is InChI=1S/C13H17FN4O/c1-4-18-12(9(2)16-17-18)8-15-11-7-5-6-10(14)13(11)19-3/h5-7,15H,4,8H2,1-3H3. The van der Waals surface area contributed by atoms with E-state index in [1.807, 2.05) is 18.5 Å². The molecule has 1 aromatic heterocycles. The number of rotatable bonds is 5. The number of benzene rings is 1. The van der Waals surface area contributed by atoms with Crippen LogP contribution < -0.4 is 10.1 Å². The van der Waals surface area contributed by atoms with Gasteiger partial charge in [-0.3, -0.25) is 0 Å². The van der Waals surface area contributed by atoms with Crippen LogP contribution in [0.5, 0.6) is 5.75 Å². The topological polar surface area (TPSA) is 52.0 Å². The number of methoxy groups -OCH3 is 1. The first-order valence-corrected chi connectivity index (χ1v) is 6.12. The third kappa shape index (κ3) is 2.67. The Bertz CT molecular complexity index is 568. The summed E-state index contributed by atoms with van der Waals surface area (Å²) in [4.78, 5) is 0. The van der Waals surface area contributed by atoms with Gasteiger partial charge in [0.1, 0.15) is 0 Å². The SMILES string of the molecule is CCn1nnc(C)c1CNc1cccc(F)c1OC. The Morgan fingerprint density at radius 2 is 2.21 bits per heavy atom. The van der Waals surface area contributed by atoms with E-state index in [9.17, 15) is 4.39 Å². The van der Waals surface area contributed by atoms with E-state index in [0.717, 1.165) is 17.9 Å². The highest BCUT2D eigenvalue weighted by Gasteiger charge is 2.11. The molecule has 1 aromatic carbocycles. The molecule has 0 atom stereocenters. The Morgan fingerprint density at radius 3 is 2.89 bits per heavy atom. The van der Waals surface area contributed by atoms with Crippen molar-refractivity contribution in [2.45, 2.75) is 26.9 Å². The minimum Gasteiger partial charge on any atom is -0.492 e. The largest absolute Gasteiger partial charge is 0.492 e. The molecular weight excluding hydrogens is 247 g/mol. The van der Waals surface area contributed by atoms with Gasteiger partial charge in [-0.05, 0) is 26.0 Å². The highest BCUT2D eigenvalue weighted by atomic mass is 19.1. The van der Waals surface area contributed by atoms with Crippen LogP contribution in [0.1, 0.15) is 18.3 Å². The van der Waals surface area contributed by atoms with Gasteiger partial charge >= 0.3 is 0 Å². The van der Waals surface area contributed by atoms with Crippen molar-refractivity contribution in [3.05, 3.63) is 35.4 Å². The van der Waals surface area contributed by atoms with E-state index < -0.39 is 0 Å². The summed E-state index contributed by atoms with van der Waals surface area (Å²) in [5, 5.41) is 11.2. The summed E-state index contributed by atoms with van der Waals surface area (Å²) in [6, 6.07) is 4.78. The summed E-state index contributed by atoms with van der Waals surface area (Å²) in [5.74, 6) is -0.165. The van der Waals surface area contributed by atoms with Crippen LogP contribution >= 0.6 is 0 Å². The molecule has 2 aromatic rings. The van der Waals surface area contributed by atoms with Crippen molar-refractivity contribution in [2.75, 3.05) is 12.4 Å².